The molecule has 3 unspecified atom stereocenters. The van der Waals surface area contributed by atoms with Gasteiger partial charge in [-0.25, -0.2) is 0 Å². The van der Waals surface area contributed by atoms with E-state index in [1.54, 1.807) is 18.2 Å². The summed E-state index contributed by atoms with van der Waals surface area (Å²) in [5.41, 5.74) is 6.24. The largest absolute Gasteiger partial charge is 0.368 e. The van der Waals surface area contributed by atoms with Crippen molar-refractivity contribution in [1.82, 2.24) is 15.2 Å². The van der Waals surface area contributed by atoms with Gasteiger partial charge >= 0.3 is 0 Å². The van der Waals surface area contributed by atoms with Crippen LogP contribution in [-0.2, 0) is 9.59 Å². The molecule has 2 saturated heterocycles. The van der Waals surface area contributed by atoms with Crippen molar-refractivity contribution < 1.29 is 14.4 Å². The van der Waals surface area contributed by atoms with E-state index in [-0.39, 0.29) is 35.0 Å². The number of carbonyl (C=O) groups is 3. The summed E-state index contributed by atoms with van der Waals surface area (Å²) >= 11 is 12.4. The average molecular weight is 502 g/mol. The molecule has 1 spiro atoms. The first-order valence-electron chi connectivity index (χ1n) is 11.5. The van der Waals surface area contributed by atoms with Gasteiger partial charge in [0, 0.05) is 24.4 Å². The number of amides is 3. The molecule has 3 fully saturated rings. The minimum Gasteiger partial charge on any atom is -0.368 e. The Labute approximate surface area is 206 Å². The van der Waals surface area contributed by atoms with Crippen molar-refractivity contribution in [2.24, 2.45) is 28.9 Å². The van der Waals surface area contributed by atoms with Crippen LogP contribution in [0.1, 0.15) is 42.6 Å². The number of nitrogens with one attached hydrogen (secondary N) is 2. The van der Waals surface area contributed by atoms with Gasteiger partial charge in [0.2, 0.25) is 11.8 Å². The predicted octanol–water partition coefficient (Wildman–Crippen LogP) is 3.24. The normalized spacial score (nSPS) is 29.1. The number of benzene rings is 1. The molecule has 1 saturated carbocycles. The summed E-state index contributed by atoms with van der Waals surface area (Å²) in [6.45, 7) is 0.992. The number of carbonyl (C=O) groups excluding carboxylic acids is 3. The Kier molecular flexibility index (Phi) is 5.73. The molecule has 5 rings (SSSR count). The number of aromatic amines is 1. The Morgan fingerprint density at radius 1 is 1.32 bits per heavy atom. The van der Waals surface area contributed by atoms with Gasteiger partial charge in [0.1, 0.15) is 11.7 Å². The van der Waals surface area contributed by atoms with Gasteiger partial charge in [-0.05, 0) is 55.6 Å². The molecule has 8 nitrogen and oxygen atoms in total. The van der Waals surface area contributed by atoms with Crippen molar-refractivity contribution in [3.63, 3.8) is 0 Å². The summed E-state index contributed by atoms with van der Waals surface area (Å²) in [6.07, 6.45) is 3.32. The van der Waals surface area contributed by atoms with Crippen molar-refractivity contribution in [1.29, 1.82) is 5.26 Å². The lowest BCUT2D eigenvalue weighted by Crippen LogP contribution is -2.47. The molecule has 3 aliphatic rings. The van der Waals surface area contributed by atoms with E-state index in [0.717, 1.165) is 24.6 Å². The van der Waals surface area contributed by atoms with Crippen molar-refractivity contribution >= 4 is 51.8 Å². The number of halogens is 2. The zero-order valence-electron chi connectivity index (χ0n) is 18.4. The maximum atomic E-state index is 13.5. The SMILES string of the molecule is N#C[C@@H](C[C@H]1CCNC1=O)C1CCC12CC(C(N)=O)N(C(=O)c1cc3ccc(Cl)c(Cl)c3[nH]1)C2. The van der Waals surface area contributed by atoms with Gasteiger partial charge in [0.15, 0.2) is 0 Å². The lowest BCUT2D eigenvalue weighted by atomic mass is 9.54. The van der Waals surface area contributed by atoms with Crippen LogP contribution in [0, 0.1) is 34.5 Å². The van der Waals surface area contributed by atoms with Crippen LogP contribution < -0.4 is 11.1 Å². The third-order valence-corrected chi connectivity index (χ3v) is 8.86. The summed E-state index contributed by atoms with van der Waals surface area (Å²) < 4.78 is 0. The topological polar surface area (TPSA) is 132 Å². The Hall–Kier alpha value is -2.76. The highest BCUT2D eigenvalue weighted by Crippen LogP contribution is 2.58. The highest BCUT2D eigenvalue weighted by atomic mass is 35.5. The molecule has 2 aliphatic heterocycles. The number of nitriles is 1. The minimum absolute atomic E-state index is 0.00411. The fraction of sp³-hybridized carbons (Fsp3) is 0.500. The molecule has 1 aromatic heterocycles. The van der Waals surface area contributed by atoms with E-state index >= 15 is 0 Å². The number of nitrogens with zero attached hydrogens (tertiary/aromatic N) is 2. The molecule has 0 radical (unpaired) electrons. The average Bonchev–Trinajstić information content (AvgIpc) is 3.52. The molecule has 3 heterocycles. The van der Waals surface area contributed by atoms with E-state index in [1.807, 2.05) is 0 Å². The predicted molar refractivity (Wildman–Crippen MR) is 127 cm³/mol. The van der Waals surface area contributed by atoms with Gasteiger partial charge in [-0.1, -0.05) is 29.3 Å². The van der Waals surface area contributed by atoms with E-state index in [9.17, 15) is 19.6 Å². The molecule has 1 aromatic carbocycles. The number of hydrogen-bond acceptors (Lipinski definition) is 4. The maximum Gasteiger partial charge on any atom is 0.271 e. The molecule has 5 atom stereocenters. The Bertz CT molecular complexity index is 1240. The number of fused-ring (bicyclic) bond motifs is 1. The molecule has 178 valence electrons. The second kappa shape index (κ2) is 8.47. The van der Waals surface area contributed by atoms with E-state index in [2.05, 4.69) is 16.4 Å². The van der Waals surface area contributed by atoms with Crippen LogP contribution in [0.5, 0.6) is 0 Å². The molecule has 34 heavy (non-hydrogen) atoms. The highest BCUT2D eigenvalue weighted by molar-refractivity contribution is 6.45. The van der Waals surface area contributed by atoms with Crippen molar-refractivity contribution in [3.05, 3.63) is 33.9 Å². The first kappa shape index (κ1) is 23.0. The Morgan fingerprint density at radius 3 is 2.74 bits per heavy atom. The third-order valence-electron chi connectivity index (χ3n) is 8.06. The van der Waals surface area contributed by atoms with Crippen LogP contribution in [0.3, 0.4) is 0 Å². The molecule has 10 heteroatoms. The summed E-state index contributed by atoms with van der Waals surface area (Å²) in [5.74, 6) is -1.34. The summed E-state index contributed by atoms with van der Waals surface area (Å²) in [7, 11) is 0. The van der Waals surface area contributed by atoms with Crippen molar-refractivity contribution in [2.45, 2.75) is 38.1 Å². The van der Waals surface area contributed by atoms with Crippen LogP contribution in [0.15, 0.2) is 18.2 Å². The zero-order chi connectivity index (χ0) is 24.2. The number of hydrogen-bond donors (Lipinski definition) is 3. The number of rotatable bonds is 5. The van der Waals surface area contributed by atoms with Crippen molar-refractivity contribution in [3.8, 4) is 6.07 Å². The quantitative estimate of drug-likeness (QED) is 0.579. The van der Waals surface area contributed by atoms with Crippen LogP contribution in [0.25, 0.3) is 10.9 Å². The standard InChI is InChI=1S/C24H25Cl2N5O3/c25-16-2-1-12-8-17(30-20(12)19(16)26)23(34)31-11-24(9-18(31)21(28)32)5-3-15(24)14(10-27)7-13-4-6-29-22(13)33/h1-2,8,13-15,18,30H,3-7,9,11H2,(H2,28,32)(H,29,33)/t13-,14-,15?,18?,24?/m1/s1. The number of likely N-dealkylation sites (tertiary alicyclic amines) is 1. The Balaban J connectivity index is 1.40. The van der Waals surface area contributed by atoms with Gasteiger partial charge in [-0.3, -0.25) is 14.4 Å². The molecular formula is C24H25Cl2N5O3. The zero-order valence-corrected chi connectivity index (χ0v) is 20.0. The Morgan fingerprint density at radius 2 is 2.12 bits per heavy atom. The van der Waals surface area contributed by atoms with Gasteiger partial charge in [0.05, 0.1) is 27.5 Å². The lowest BCUT2D eigenvalue weighted by molar-refractivity contribution is -0.123. The van der Waals surface area contributed by atoms with Gasteiger partial charge in [-0.15, -0.1) is 0 Å². The van der Waals surface area contributed by atoms with Gasteiger partial charge in [0.25, 0.3) is 5.91 Å². The minimum atomic E-state index is -0.755. The highest BCUT2D eigenvalue weighted by Gasteiger charge is 2.58. The summed E-state index contributed by atoms with van der Waals surface area (Å²) in [5, 5.41) is 14.2. The van der Waals surface area contributed by atoms with Crippen LogP contribution in [-0.4, -0.2) is 46.7 Å². The van der Waals surface area contributed by atoms with Crippen molar-refractivity contribution in [2.75, 3.05) is 13.1 Å². The molecule has 0 bridgehead atoms. The first-order valence-corrected chi connectivity index (χ1v) is 12.2. The van der Waals surface area contributed by atoms with Gasteiger partial charge in [-0.2, -0.15) is 5.26 Å². The van der Waals surface area contributed by atoms with Crippen LogP contribution in [0.2, 0.25) is 10.0 Å². The second-order valence-corrected chi connectivity index (χ2v) is 10.6. The van der Waals surface area contributed by atoms with Gasteiger partial charge < -0.3 is 20.9 Å². The monoisotopic (exact) mass is 501 g/mol. The summed E-state index contributed by atoms with van der Waals surface area (Å²) in [6, 6.07) is 6.79. The lowest BCUT2D eigenvalue weighted by Gasteiger charge is -2.49. The van der Waals surface area contributed by atoms with Crippen LogP contribution >= 0.6 is 23.2 Å². The third kappa shape index (κ3) is 3.62. The van der Waals surface area contributed by atoms with E-state index in [1.165, 1.54) is 4.90 Å². The molecule has 4 N–H and O–H groups in total. The van der Waals surface area contributed by atoms with E-state index in [0.29, 0.717) is 47.2 Å². The van der Waals surface area contributed by atoms with E-state index in [4.69, 9.17) is 28.9 Å². The first-order chi connectivity index (χ1) is 16.2. The smallest absolute Gasteiger partial charge is 0.271 e. The molecule has 1 aliphatic carbocycles. The second-order valence-electron chi connectivity index (χ2n) is 9.82. The molecular weight excluding hydrogens is 477 g/mol. The fourth-order valence-corrected chi connectivity index (χ4v) is 6.54. The summed E-state index contributed by atoms with van der Waals surface area (Å²) in [4.78, 5) is 42.5. The number of primary amides is 1. The molecule has 2 aromatic rings. The number of H-pyrrole nitrogens is 1. The van der Waals surface area contributed by atoms with E-state index < -0.39 is 11.9 Å². The number of nitrogens with two attached hydrogens (primary N) is 1. The maximum absolute atomic E-state index is 13.5. The molecule has 3 amide bonds. The number of aromatic nitrogens is 1. The van der Waals surface area contributed by atoms with Crippen LogP contribution in [0.4, 0.5) is 0 Å². The fourth-order valence-electron chi connectivity index (χ4n) is 6.17.